The van der Waals surface area contributed by atoms with Crippen LogP contribution in [0.3, 0.4) is 0 Å². The molecule has 0 radical (unpaired) electrons. The van der Waals surface area contributed by atoms with Crippen LogP contribution in [0.2, 0.25) is 0 Å². The number of carbonyl (C=O) groups is 2. The van der Waals surface area contributed by atoms with Crippen LogP contribution >= 0.6 is 11.3 Å². The molecule has 0 aliphatic carbocycles. The van der Waals surface area contributed by atoms with Gasteiger partial charge in [-0.15, -0.1) is 11.3 Å². The Hall–Kier alpha value is -2.18. The molecule has 0 bridgehead atoms. The lowest BCUT2D eigenvalue weighted by Crippen LogP contribution is -2.29. The molecule has 1 aliphatic heterocycles. The maximum absolute atomic E-state index is 12.5. The van der Waals surface area contributed by atoms with Crippen molar-refractivity contribution in [3.8, 4) is 0 Å². The predicted molar refractivity (Wildman–Crippen MR) is 91.5 cm³/mol. The smallest absolute Gasteiger partial charge is 0.345 e. The lowest BCUT2D eigenvalue weighted by atomic mass is 9.94. The highest BCUT2D eigenvalue weighted by Gasteiger charge is 2.24. The molecule has 24 heavy (non-hydrogen) atoms. The van der Waals surface area contributed by atoms with E-state index in [1.807, 2.05) is 30.3 Å². The van der Waals surface area contributed by atoms with Crippen LogP contribution in [0.4, 0.5) is 0 Å². The Bertz CT molecular complexity index is 707. The van der Waals surface area contributed by atoms with Crippen LogP contribution in [0, 0.1) is 5.92 Å². The lowest BCUT2D eigenvalue weighted by molar-refractivity contribution is 0.0702. The summed E-state index contributed by atoms with van der Waals surface area (Å²) in [6.45, 7) is 1.49. The van der Waals surface area contributed by atoms with Gasteiger partial charge in [0.25, 0.3) is 5.91 Å². The average molecular weight is 345 g/mol. The van der Waals surface area contributed by atoms with E-state index in [9.17, 15) is 9.59 Å². The van der Waals surface area contributed by atoms with Crippen molar-refractivity contribution >= 4 is 23.2 Å². The van der Waals surface area contributed by atoms with Crippen LogP contribution in [0.15, 0.2) is 42.5 Å². The molecule has 1 fully saturated rings. The minimum Gasteiger partial charge on any atom is -0.477 e. The molecule has 2 heterocycles. The Morgan fingerprint density at radius 2 is 1.96 bits per heavy atom. The maximum atomic E-state index is 12.5. The summed E-state index contributed by atoms with van der Waals surface area (Å²) in [7, 11) is 0. The van der Waals surface area contributed by atoms with Crippen molar-refractivity contribution in [2.75, 3.05) is 13.2 Å². The van der Waals surface area contributed by atoms with Crippen LogP contribution < -0.4 is 5.32 Å². The Balaban J connectivity index is 1.74. The molecular weight excluding hydrogens is 326 g/mol. The minimum atomic E-state index is -1.01. The Labute approximate surface area is 144 Å². The third-order valence-corrected chi connectivity index (χ3v) is 5.21. The van der Waals surface area contributed by atoms with Crippen molar-refractivity contribution in [3.05, 3.63) is 57.8 Å². The number of amides is 1. The van der Waals surface area contributed by atoms with E-state index in [1.165, 1.54) is 6.07 Å². The summed E-state index contributed by atoms with van der Waals surface area (Å²) in [4.78, 5) is 24.1. The van der Waals surface area contributed by atoms with E-state index in [0.29, 0.717) is 10.8 Å². The second kappa shape index (κ2) is 7.59. The van der Waals surface area contributed by atoms with Crippen molar-refractivity contribution < 1.29 is 19.4 Å². The van der Waals surface area contributed by atoms with Crippen molar-refractivity contribution in [2.45, 2.75) is 18.9 Å². The monoisotopic (exact) mass is 345 g/mol. The number of nitrogens with one attached hydrogen (secondary N) is 1. The van der Waals surface area contributed by atoms with Gasteiger partial charge in [-0.3, -0.25) is 4.79 Å². The van der Waals surface area contributed by atoms with Crippen LogP contribution in [0.5, 0.6) is 0 Å². The molecule has 2 atom stereocenters. The molecular formula is C18H19NO4S. The molecule has 2 N–H and O–H groups in total. The van der Waals surface area contributed by atoms with Gasteiger partial charge >= 0.3 is 5.97 Å². The summed E-state index contributed by atoms with van der Waals surface area (Å²) in [6.07, 6.45) is 1.81. The van der Waals surface area contributed by atoms with Gasteiger partial charge in [-0.05, 0) is 36.5 Å². The van der Waals surface area contributed by atoms with Crippen molar-refractivity contribution in [1.82, 2.24) is 5.32 Å². The summed E-state index contributed by atoms with van der Waals surface area (Å²) in [5, 5.41) is 12.0. The number of benzene rings is 1. The number of hydrogen-bond donors (Lipinski definition) is 2. The molecule has 6 heteroatoms. The Kier molecular flexibility index (Phi) is 5.27. The van der Waals surface area contributed by atoms with Crippen LogP contribution in [-0.4, -0.2) is 30.2 Å². The average Bonchev–Trinajstić information content (AvgIpc) is 3.26. The van der Waals surface area contributed by atoms with Crippen LogP contribution in [0.25, 0.3) is 0 Å². The van der Waals surface area contributed by atoms with E-state index in [0.717, 1.165) is 43.0 Å². The fraction of sp³-hybridized carbons (Fsp3) is 0.333. The molecule has 0 saturated carbocycles. The predicted octanol–water partition coefficient (Wildman–Crippen LogP) is 3.34. The maximum Gasteiger partial charge on any atom is 0.345 e. The zero-order valence-electron chi connectivity index (χ0n) is 13.1. The van der Waals surface area contributed by atoms with Crippen molar-refractivity contribution in [1.29, 1.82) is 0 Å². The topological polar surface area (TPSA) is 75.6 Å². The van der Waals surface area contributed by atoms with Gasteiger partial charge in [0.05, 0.1) is 10.9 Å². The van der Waals surface area contributed by atoms with Gasteiger partial charge in [0.2, 0.25) is 0 Å². The summed E-state index contributed by atoms with van der Waals surface area (Å²) in [5.41, 5.74) is 1.05. The van der Waals surface area contributed by atoms with Crippen LogP contribution in [0.1, 0.15) is 43.8 Å². The first-order valence-electron chi connectivity index (χ1n) is 7.90. The number of rotatable bonds is 6. The number of aromatic carboxylic acids is 1. The van der Waals surface area contributed by atoms with E-state index in [1.54, 1.807) is 6.07 Å². The molecule has 1 amide bonds. The molecule has 5 nitrogen and oxygen atoms in total. The second-order valence-electron chi connectivity index (χ2n) is 5.87. The molecule has 1 aromatic carbocycles. The Morgan fingerprint density at radius 3 is 2.58 bits per heavy atom. The van der Waals surface area contributed by atoms with Gasteiger partial charge < -0.3 is 15.2 Å². The van der Waals surface area contributed by atoms with E-state index in [2.05, 4.69) is 5.32 Å². The highest BCUT2D eigenvalue weighted by Crippen LogP contribution is 2.27. The highest BCUT2D eigenvalue weighted by atomic mass is 32.1. The quantitative estimate of drug-likeness (QED) is 0.842. The number of hydrogen-bond acceptors (Lipinski definition) is 4. The molecule has 1 aromatic heterocycles. The largest absolute Gasteiger partial charge is 0.477 e. The van der Waals surface area contributed by atoms with Gasteiger partial charge in [0.1, 0.15) is 4.88 Å². The van der Waals surface area contributed by atoms with Crippen molar-refractivity contribution in [2.24, 2.45) is 5.92 Å². The first kappa shape index (κ1) is 16.7. The van der Waals surface area contributed by atoms with Crippen LogP contribution in [-0.2, 0) is 4.74 Å². The number of carbonyl (C=O) groups excluding carboxylic acids is 1. The molecule has 126 valence electrons. The summed E-state index contributed by atoms with van der Waals surface area (Å²) < 4.78 is 5.44. The molecule has 3 rings (SSSR count). The van der Waals surface area contributed by atoms with Gasteiger partial charge in [0, 0.05) is 13.2 Å². The molecule has 0 spiro atoms. The Morgan fingerprint density at radius 1 is 1.21 bits per heavy atom. The summed E-state index contributed by atoms with van der Waals surface area (Å²) in [5.74, 6) is -0.824. The molecule has 1 aliphatic rings. The van der Waals surface area contributed by atoms with E-state index in [-0.39, 0.29) is 16.8 Å². The van der Waals surface area contributed by atoms with Gasteiger partial charge in [0.15, 0.2) is 0 Å². The summed E-state index contributed by atoms with van der Waals surface area (Å²) in [6, 6.07) is 12.8. The zero-order chi connectivity index (χ0) is 16.9. The fourth-order valence-corrected chi connectivity index (χ4v) is 3.62. The summed E-state index contributed by atoms with van der Waals surface area (Å²) >= 11 is 0.993. The number of carboxylic acids is 1. The fourth-order valence-electron chi connectivity index (χ4n) is 2.87. The third kappa shape index (κ3) is 4.01. The third-order valence-electron chi connectivity index (χ3n) is 4.14. The van der Waals surface area contributed by atoms with Gasteiger partial charge in [-0.2, -0.15) is 0 Å². The highest BCUT2D eigenvalue weighted by molar-refractivity contribution is 7.15. The normalized spacial score (nSPS) is 18.2. The first-order chi connectivity index (χ1) is 11.6. The number of ether oxygens (including phenoxy) is 1. The molecule has 0 unspecified atom stereocenters. The first-order valence-corrected chi connectivity index (χ1v) is 8.72. The van der Waals surface area contributed by atoms with Crippen molar-refractivity contribution in [3.63, 3.8) is 0 Å². The SMILES string of the molecule is O=C(O)c1ccc(C(=O)N[C@H](C[C@H]2CCOC2)c2ccccc2)s1. The number of thiophene rings is 1. The van der Waals surface area contributed by atoms with Gasteiger partial charge in [-0.1, -0.05) is 30.3 Å². The molecule has 1 saturated heterocycles. The second-order valence-corrected chi connectivity index (χ2v) is 6.95. The lowest BCUT2D eigenvalue weighted by Gasteiger charge is -2.21. The molecule has 2 aromatic rings. The standard InChI is InChI=1S/C18H19NO4S/c20-17(15-6-7-16(24-15)18(21)22)19-14(10-12-8-9-23-11-12)13-4-2-1-3-5-13/h1-7,12,14H,8-11H2,(H,19,20)(H,21,22)/t12-,14-/m1/s1. The van der Waals surface area contributed by atoms with E-state index < -0.39 is 5.97 Å². The van der Waals surface area contributed by atoms with E-state index in [4.69, 9.17) is 9.84 Å². The van der Waals surface area contributed by atoms with E-state index >= 15 is 0 Å². The zero-order valence-corrected chi connectivity index (χ0v) is 13.9. The minimum absolute atomic E-state index is 0.110. The number of carboxylic acid groups (broad SMARTS) is 1. The van der Waals surface area contributed by atoms with Gasteiger partial charge in [-0.25, -0.2) is 4.79 Å².